The summed E-state index contributed by atoms with van der Waals surface area (Å²) in [6.07, 6.45) is 1.17. The Labute approximate surface area is 149 Å². The lowest BCUT2D eigenvalue weighted by Gasteiger charge is -2.24. The predicted molar refractivity (Wildman–Crippen MR) is 94.9 cm³/mol. The van der Waals surface area contributed by atoms with Gasteiger partial charge >= 0.3 is 5.97 Å². The van der Waals surface area contributed by atoms with Gasteiger partial charge in [-0.25, -0.2) is 0 Å². The number of hydrogen-bond donors (Lipinski definition) is 0. The van der Waals surface area contributed by atoms with Gasteiger partial charge in [-0.2, -0.15) is 0 Å². The topological polar surface area (TPSA) is 35.5 Å². The molecule has 132 valence electrons. The number of benzene rings is 1. The summed E-state index contributed by atoms with van der Waals surface area (Å²) in [6, 6.07) is 6.06. The van der Waals surface area contributed by atoms with E-state index in [4.69, 9.17) is 21.1 Å². The van der Waals surface area contributed by atoms with E-state index in [1.165, 1.54) is 0 Å². The maximum Gasteiger partial charge on any atom is 0.310 e. The van der Waals surface area contributed by atoms with Crippen LogP contribution < -0.4 is 0 Å². The third-order valence-electron chi connectivity index (χ3n) is 5.31. The van der Waals surface area contributed by atoms with E-state index in [0.29, 0.717) is 24.4 Å². The Balaban J connectivity index is 1.52. The number of hydrogen-bond acceptors (Lipinski definition) is 3. The predicted octanol–water partition coefficient (Wildman–Crippen LogP) is 4.78. The van der Waals surface area contributed by atoms with Gasteiger partial charge in [0.25, 0.3) is 0 Å². The molecule has 2 saturated carbocycles. The average Bonchev–Trinajstić information content (AvgIpc) is 3.10. The molecule has 2 aliphatic rings. The van der Waals surface area contributed by atoms with Crippen molar-refractivity contribution in [3.63, 3.8) is 0 Å². The van der Waals surface area contributed by atoms with Crippen LogP contribution in [0.25, 0.3) is 0 Å². The molecule has 0 spiro atoms. The van der Waals surface area contributed by atoms with E-state index in [-0.39, 0.29) is 18.0 Å². The normalized spacial score (nSPS) is 31.7. The van der Waals surface area contributed by atoms with Crippen LogP contribution in [0.2, 0.25) is 5.02 Å². The number of ether oxygens (including phenoxy) is 2. The molecule has 3 nitrogen and oxygen atoms in total. The molecule has 0 saturated heterocycles. The van der Waals surface area contributed by atoms with Crippen molar-refractivity contribution in [2.24, 2.45) is 23.7 Å². The third kappa shape index (κ3) is 3.62. The van der Waals surface area contributed by atoms with E-state index in [1.807, 2.05) is 39.8 Å². The minimum absolute atomic E-state index is 0.0342. The van der Waals surface area contributed by atoms with E-state index in [2.05, 4.69) is 13.0 Å². The standard InChI is InChI=1S/C20H27ClO3/c1-11-6-7-13(8-15(11)21)10-23-16-9-14-17(12(16)2)18(14)19(22)24-20(3,4)5/h6-8,12,14,16-18H,9-10H2,1-5H3. The van der Waals surface area contributed by atoms with Crippen LogP contribution in [0.5, 0.6) is 0 Å². The van der Waals surface area contributed by atoms with Crippen molar-refractivity contribution in [3.8, 4) is 0 Å². The van der Waals surface area contributed by atoms with E-state index in [1.54, 1.807) is 0 Å². The number of halogens is 1. The van der Waals surface area contributed by atoms with Gasteiger partial charge in [-0.3, -0.25) is 4.79 Å². The highest BCUT2D eigenvalue weighted by molar-refractivity contribution is 6.31. The summed E-state index contributed by atoms with van der Waals surface area (Å²) in [5.74, 6) is 1.29. The maximum atomic E-state index is 12.3. The first-order valence-electron chi connectivity index (χ1n) is 8.77. The largest absolute Gasteiger partial charge is 0.460 e. The fourth-order valence-corrected chi connectivity index (χ4v) is 4.21. The molecule has 2 fully saturated rings. The molecule has 0 bridgehead atoms. The molecule has 0 N–H and O–H groups in total. The summed E-state index contributed by atoms with van der Waals surface area (Å²) >= 11 is 6.17. The van der Waals surface area contributed by atoms with Crippen molar-refractivity contribution >= 4 is 17.6 Å². The van der Waals surface area contributed by atoms with Crippen molar-refractivity contribution in [2.75, 3.05) is 0 Å². The Bertz CT molecular complexity index is 634. The summed E-state index contributed by atoms with van der Waals surface area (Å²) in [5, 5.41) is 0.781. The van der Waals surface area contributed by atoms with Gasteiger partial charge in [0, 0.05) is 5.02 Å². The van der Waals surface area contributed by atoms with Crippen LogP contribution >= 0.6 is 11.6 Å². The Morgan fingerprint density at radius 3 is 2.58 bits per heavy atom. The van der Waals surface area contributed by atoms with Crippen LogP contribution in [-0.4, -0.2) is 17.7 Å². The average molecular weight is 351 g/mol. The van der Waals surface area contributed by atoms with Crippen molar-refractivity contribution in [1.29, 1.82) is 0 Å². The van der Waals surface area contributed by atoms with Gasteiger partial charge in [-0.15, -0.1) is 0 Å². The number of rotatable bonds is 4. The highest BCUT2D eigenvalue weighted by Gasteiger charge is 2.64. The Morgan fingerprint density at radius 1 is 1.33 bits per heavy atom. The summed E-state index contributed by atoms with van der Waals surface area (Å²) in [7, 11) is 0. The van der Waals surface area contributed by atoms with Gasteiger partial charge in [0.1, 0.15) is 5.60 Å². The molecule has 0 heterocycles. The zero-order valence-electron chi connectivity index (χ0n) is 15.1. The molecule has 1 aromatic carbocycles. The van der Waals surface area contributed by atoms with Gasteiger partial charge in [-0.1, -0.05) is 30.7 Å². The molecule has 0 amide bonds. The zero-order valence-corrected chi connectivity index (χ0v) is 15.9. The highest BCUT2D eigenvalue weighted by Crippen LogP contribution is 2.61. The molecule has 24 heavy (non-hydrogen) atoms. The lowest BCUT2D eigenvalue weighted by atomic mass is 9.99. The molecule has 0 radical (unpaired) electrons. The van der Waals surface area contributed by atoms with Crippen LogP contribution in [-0.2, 0) is 20.9 Å². The molecular weight excluding hydrogens is 324 g/mol. The van der Waals surface area contributed by atoms with Gasteiger partial charge in [-0.05, 0) is 69.1 Å². The van der Waals surface area contributed by atoms with Crippen molar-refractivity contribution in [1.82, 2.24) is 0 Å². The molecular formula is C20H27ClO3. The van der Waals surface area contributed by atoms with E-state index >= 15 is 0 Å². The van der Waals surface area contributed by atoms with E-state index in [9.17, 15) is 4.79 Å². The fourth-order valence-electron chi connectivity index (χ4n) is 4.00. The highest BCUT2D eigenvalue weighted by atomic mass is 35.5. The SMILES string of the molecule is Cc1ccc(COC2CC3C(C(=O)OC(C)(C)C)C3C2C)cc1Cl. The van der Waals surface area contributed by atoms with Crippen LogP contribution in [0, 0.1) is 30.6 Å². The first kappa shape index (κ1) is 17.8. The third-order valence-corrected chi connectivity index (χ3v) is 5.71. The number of carbonyl (C=O) groups is 1. The molecule has 3 rings (SSSR count). The second-order valence-corrected chi connectivity index (χ2v) is 8.74. The monoisotopic (exact) mass is 350 g/mol. The summed E-state index contributed by atoms with van der Waals surface area (Å²) in [4.78, 5) is 12.3. The molecule has 1 aromatic rings. The second-order valence-electron chi connectivity index (χ2n) is 8.33. The van der Waals surface area contributed by atoms with Gasteiger partial charge < -0.3 is 9.47 Å². The molecule has 0 aromatic heterocycles. The Hall–Kier alpha value is -1.06. The van der Waals surface area contributed by atoms with Gasteiger partial charge in [0.05, 0.1) is 18.6 Å². The smallest absolute Gasteiger partial charge is 0.310 e. The molecule has 4 heteroatoms. The van der Waals surface area contributed by atoms with Crippen molar-refractivity contribution in [3.05, 3.63) is 34.3 Å². The summed E-state index contributed by atoms with van der Waals surface area (Å²) in [5.41, 5.74) is 1.77. The Kier molecular flexibility index (Phi) is 4.69. The van der Waals surface area contributed by atoms with Crippen LogP contribution in [0.3, 0.4) is 0 Å². The van der Waals surface area contributed by atoms with E-state index in [0.717, 1.165) is 22.6 Å². The number of fused-ring (bicyclic) bond motifs is 1. The number of aryl methyl sites for hydroxylation is 1. The minimum atomic E-state index is -0.405. The number of carbonyl (C=O) groups excluding carboxylic acids is 1. The number of esters is 1. The maximum absolute atomic E-state index is 12.3. The lowest BCUT2D eigenvalue weighted by molar-refractivity contribution is -0.158. The Morgan fingerprint density at radius 2 is 2.04 bits per heavy atom. The van der Waals surface area contributed by atoms with E-state index < -0.39 is 5.60 Å². The van der Waals surface area contributed by atoms with Crippen LogP contribution in [0.4, 0.5) is 0 Å². The van der Waals surface area contributed by atoms with Gasteiger partial charge in [0.15, 0.2) is 0 Å². The molecule has 2 aliphatic carbocycles. The quantitative estimate of drug-likeness (QED) is 0.733. The van der Waals surface area contributed by atoms with Gasteiger partial charge in [0.2, 0.25) is 0 Å². The first-order valence-corrected chi connectivity index (χ1v) is 9.14. The molecule has 0 aliphatic heterocycles. The van der Waals surface area contributed by atoms with Crippen LogP contribution in [0.15, 0.2) is 18.2 Å². The summed E-state index contributed by atoms with van der Waals surface area (Å²) in [6.45, 7) is 10.5. The van der Waals surface area contributed by atoms with Crippen molar-refractivity contribution in [2.45, 2.75) is 59.4 Å². The minimum Gasteiger partial charge on any atom is -0.460 e. The molecule has 5 unspecified atom stereocenters. The second kappa shape index (κ2) is 6.34. The van der Waals surface area contributed by atoms with Crippen LogP contribution in [0.1, 0.15) is 45.2 Å². The fraction of sp³-hybridized carbons (Fsp3) is 0.650. The lowest BCUT2D eigenvalue weighted by Crippen LogP contribution is -2.28. The summed E-state index contributed by atoms with van der Waals surface area (Å²) < 4.78 is 11.7. The van der Waals surface area contributed by atoms with Crippen molar-refractivity contribution < 1.29 is 14.3 Å². The molecule has 5 atom stereocenters. The zero-order chi connectivity index (χ0) is 17.6. The first-order chi connectivity index (χ1) is 11.2.